The van der Waals surface area contributed by atoms with Crippen LogP contribution in [0.2, 0.25) is 0 Å². The molecule has 20 heavy (non-hydrogen) atoms. The summed E-state index contributed by atoms with van der Waals surface area (Å²) in [6.45, 7) is 3.43. The lowest BCUT2D eigenvalue weighted by molar-refractivity contribution is 0.152. The quantitative estimate of drug-likeness (QED) is 0.943. The molecule has 3 rings (SSSR count). The minimum Gasteiger partial charge on any atom is -0.391 e. The highest BCUT2D eigenvalue weighted by Crippen LogP contribution is 2.33. The average Bonchev–Trinajstić information content (AvgIpc) is 2.75. The van der Waals surface area contributed by atoms with Crippen LogP contribution in [0.5, 0.6) is 0 Å². The molecule has 0 saturated carbocycles. The van der Waals surface area contributed by atoms with Crippen molar-refractivity contribution in [2.45, 2.75) is 13.0 Å². The van der Waals surface area contributed by atoms with Gasteiger partial charge in [0.2, 0.25) is 0 Å². The lowest BCUT2D eigenvalue weighted by atomic mass is 10.1. The van der Waals surface area contributed by atoms with Gasteiger partial charge in [0.25, 0.3) is 0 Å². The fourth-order valence-corrected chi connectivity index (χ4v) is 3.33. The van der Waals surface area contributed by atoms with Crippen LogP contribution in [0.3, 0.4) is 0 Å². The number of thiazole rings is 1. The molecular formula is C15H18N2O2S. The highest BCUT2D eigenvalue weighted by molar-refractivity contribution is 7.16. The minimum absolute atomic E-state index is 0.0340. The monoisotopic (exact) mass is 290 g/mol. The average molecular weight is 290 g/mol. The van der Waals surface area contributed by atoms with Gasteiger partial charge in [-0.3, -0.25) is 0 Å². The summed E-state index contributed by atoms with van der Waals surface area (Å²) in [6, 6.07) is 10.0. The van der Waals surface area contributed by atoms with Crippen molar-refractivity contribution in [3.05, 3.63) is 35.2 Å². The number of aromatic nitrogens is 1. The molecule has 0 spiro atoms. The molecular weight excluding hydrogens is 272 g/mol. The summed E-state index contributed by atoms with van der Waals surface area (Å²) >= 11 is 1.58. The first-order chi connectivity index (χ1) is 9.88. The van der Waals surface area contributed by atoms with E-state index in [-0.39, 0.29) is 6.61 Å². The smallest absolute Gasteiger partial charge is 0.186 e. The van der Waals surface area contributed by atoms with Crippen LogP contribution in [0.15, 0.2) is 30.3 Å². The summed E-state index contributed by atoms with van der Waals surface area (Å²) in [5.41, 5.74) is 1.96. The van der Waals surface area contributed by atoms with Crippen LogP contribution in [0.4, 0.5) is 5.13 Å². The van der Waals surface area contributed by atoms with Crippen molar-refractivity contribution >= 4 is 16.5 Å². The maximum Gasteiger partial charge on any atom is 0.186 e. The van der Waals surface area contributed by atoms with E-state index in [0.717, 1.165) is 54.0 Å². The van der Waals surface area contributed by atoms with Gasteiger partial charge < -0.3 is 14.7 Å². The van der Waals surface area contributed by atoms with Crippen LogP contribution < -0.4 is 4.90 Å². The molecule has 2 aromatic rings. The lowest BCUT2D eigenvalue weighted by Crippen LogP contribution is -2.25. The van der Waals surface area contributed by atoms with Crippen LogP contribution in [-0.4, -0.2) is 36.4 Å². The number of rotatable bonds is 3. The van der Waals surface area contributed by atoms with Crippen molar-refractivity contribution < 1.29 is 9.84 Å². The molecule has 0 bridgehead atoms. The highest BCUT2D eigenvalue weighted by Gasteiger charge is 2.18. The Hall–Kier alpha value is -1.43. The molecule has 1 fully saturated rings. The first-order valence-corrected chi connectivity index (χ1v) is 7.69. The van der Waals surface area contributed by atoms with Crippen molar-refractivity contribution in [3.8, 4) is 11.3 Å². The molecule has 1 saturated heterocycles. The van der Waals surface area contributed by atoms with Crippen molar-refractivity contribution in [1.29, 1.82) is 0 Å². The molecule has 0 radical (unpaired) electrons. The number of benzene rings is 1. The SMILES string of the molecule is OCc1sc(N2CCCOCC2)nc1-c1ccccc1. The molecule has 1 aliphatic heterocycles. The van der Waals surface area contributed by atoms with Crippen LogP contribution in [-0.2, 0) is 11.3 Å². The summed E-state index contributed by atoms with van der Waals surface area (Å²) in [6.07, 6.45) is 1.02. The zero-order chi connectivity index (χ0) is 13.8. The molecule has 106 valence electrons. The maximum atomic E-state index is 9.57. The predicted octanol–water partition coefficient (Wildman–Crippen LogP) is 2.53. The summed E-state index contributed by atoms with van der Waals surface area (Å²) in [4.78, 5) is 7.93. The largest absolute Gasteiger partial charge is 0.391 e. The Morgan fingerprint density at radius 2 is 2.05 bits per heavy atom. The number of hydrogen-bond donors (Lipinski definition) is 1. The van der Waals surface area contributed by atoms with Crippen molar-refractivity contribution in [2.75, 3.05) is 31.2 Å². The molecule has 0 aliphatic carbocycles. The van der Waals surface area contributed by atoms with Crippen LogP contribution in [0.1, 0.15) is 11.3 Å². The Labute approximate surface area is 122 Å². The maximum absolute atomic E-state index is 9.57. The third-order valence-electron chi connectivity index (χ3n) is 3.37. The number of aliphatic hydroxyl groups is 1. The second kappa shape index (κ2) is 6.35. The zero-order valence-corrected chi connectivity index (χ0v) is 12.1. The Balaban J connectivity index is 1.92. The van der Waals surface area contributed by atoms with Crippen molar-refractivity contribution in [1.82, 2.24) is 4.98 Å². The van der Waals surface area contributed by atoms with Gasteiger partial charge in [-0.25, -0.2) is 4.98 Å². The lowest BCUT2D eigenvalue weighted by Gasteiger charge is -2.17. The Kier molecular flexibility index (Phi) is 4.30. The molecule has 4 nitrogen and oxygen atoms in total. The van der Waals surface area contributed by atoms with E-state index >= 15 is 0 Å². The Morgan fingerprint density at radius 3 is 2.85 bits per heavy atom. The van der Waals surface area contributed by atoms with E-state index in [2.05, 4.69) is 4.90 Å². The number of aliphatic hydroxyl groups excluding tert-OH is 1. The van der Waals surface area contributed by atoms with Gasteiger partial charge in [-0.15, -0.1) is 0 Å². The van der Waals surface area contributed by atoms with Gasteiger partial charge in [0.15, 0.2) is 5.13 Å². The standard InChI is InChI=1S/C15H18N2O2S/c18-11-13-14(12-5-2-1-3-6-12)16-15(20-13)17-7-4-9-19-10-8-17/h1-3,5-6,18H,4,7-11H2. The third kappa shape index (κ3) is 2.85. The Morgan fingerprint density at radius 1 is 1.20 bits per heavy atom. The summed E-state index contributed by atoms with van der Waals surface area (Å²) in [7, 11) is 0. The normalized spacial score (nSPS) is 16.1. The predicted molar refractivity (Wildman–Crippen MR) is 81.1 cm³/mol. The van der Waals surface area contributed by atoms with E-state index in [1.165, 1.54) is 0 Å². The molecule has 1 N–H and O–H groups in total. The van der Waals surface area contributed by atoms with Gasteiger partial charge in [0.05, 0.1) is 23.8 Å². The van der Waals surface area contributed by atoms with E-state index in [9.17, 15) is 5.11 Å². The topological polar surface area (TPSA) is 45.6 Å². The third-order valence-corrected chi connectivity index (χ3v) is 4.47. The number of hydrogen-bond acceptors (Lipinski definition) is 5. The summed E-state index contributed by atoms with van der Waals surface area (Å²) in [5.74, 6) is 0. The van der Waals surface area contributed by atoms with Gasteiger partial charge in [0.1, 0.15) is 0 Å². The van der Waals surface area contributed by atoms with Gasteiger partial charge >= 0.3 is 0 Å². The highest BCUT2D eigenvalue weighted by atomic mass is 32.1. The van der Waals surface area contributed by atoms with Gasteiger partial charge in [-0.05, 0) is 6.42 Å². The van der Waals surface area contributed by atoms with Crippen LogP contribution in [0.25, 0.3) is 11.3 Å². The molecule has 2 heterocycles. The van der Waals surface area contributed by atoms with Crippen molar-refractivity contribution in [2.24, 2.45) is 0 Å². The van der Waals surface area contributed by atoms with E-state index in [4.69, 9.17) is 9.72 Å². The van der Waals surface area contributed by atoms with Crippen LogP contribution in [0, 0.1) is 0 Å². The summed E-state index contributed by atoms with van der Waals surface area (Å²) in [5, 5.41) is 10.6. The van der Waals surface area contributed by atoms with E-state index in [1.807, 2.05) is 30.3 Å². The Bertz CT molecular complexity index is 548. The molecule has 0 amide bonds. The first kappa shape index (κ1) is 13.5. The zero-order valence-electron chi connectivity index (χ0n) is 11.3. The van der Waals surface area contributed by atoms with Crippen LogP contribution >= 0.6 is 11.3 Å². The van der Waals surface area contributed by atoms with E-state index in [1.54, 1.807) is 11.3 Å². The molecule has 5 heteroatoms. The molecule has 0 unspecified atom stereocenters. The molecule has 1 aromatic carbocycles. The first-order valence-electron chi connectivity index (χ1n) is 6.87. The number of anilines is 1. The van der Waals surface area contributed by atoms with Gasteiger partial charge in [-0.1, -0.05) is 41.7 Å². The number of ether oxygens (including phenoxy) is 1. The number of nitrogens with zero attached hydrogens (tertiary/aromatic N) is 2. The molecule has 1 aromatic heterocycles. The van der Waals surface area contributed by atoms with Gasteiger partial charge in [-0.2, -0.15) is 0 Å². The minimum atomic E-state index is 0.0340. The molecule has 1 aliphatic rings. The van der Waals surface area contributed by atoms with Crippen molar-refractivity contribution in [3.63, 3.8) is 0 Å². The fourth-order valence-electron chi connectivity index (χ4n) is 2.34. The second-order valence-corrected chi connectivity index (χ2v) is 5.81. The fraction of sp³-hybridized carbons (Fsp3) is 0.400. The van der Waals surface area contributed by atoms with E-state index < -0.39 is 0 Å². The van der Waals surface area contributed by atoms with Gasteiger partial charge in [0, 0.05) is 25.3 Å². The summed E-state index contributed by atoms with van der Waals surface area (Å²) < 4.78 is 5.48. The molecule has 0 atom stereocenters. The van der Waals surface area contributed by atoms with E-state index in [0.29, 0.717) is 0 Å². The second-order valence-electron chi connectivity index (χ2n) is 4.75.